The molecule has 0 fully saturated rings. The average molecular weight is 631 g/mol. The number of rotatable bonds is 12. The van der Waals surface area contributed by atoms with Gasteiger partial charge in [-0.25, -0.2) is 0 Å². The average Bonchev–Trinajstić information content (AvgIpc) is 3.72. The van der Waals surface area contributed by atoms with Crippen molar-refractivity contribution in [1.82, 2.24) is 0 Å². The number of amides is 2. The normalized spacial score (nSPS) is 14.9. The van der Waals surface area contributed by atoms with Gasteiger partial charge in [-0.15, -0.1) is 0 Å². The van der Waals surface area contributed by atoms with E-state index in [9.17, 15) is 9.59 Å². The zero-order valence-electron chi connectivity index (χ0n) is 24.9. The zero-order valence-corrected chi connectivity index (χ0v) is 26.5. The van der Waals surface area contributed by atoms with E-state index in [0.29, 0.717) is 25.7 Å². The number of benzene rings is 2. The van der Waals surface area contributed by atoms with Crippen LogP contribution >= 0.6 is 0 Å². The topological polar surface area (TPSA) is 58.2 Å². The van der Waals surface area contributed by atoms with Gasteiger partial charge in [0, 0.05) is 0 Å². The summed E-state index contributed by atoms with van der Waals surface area (Å²) in [6.45, 7) is 7.38. The molecule has 2 aliphatic carbocycles. The molecule has 9 heteroatoms. The third-order valence-electron chi connectivity index (χ3n) is 8.79. The van der Waals surface area contributed by atoms with Gasteiger partial charge in [0.05, 0.1) is 0 Å². The molecule has 4 rings (SSSR count). The quantitative estimate of drug-likeness (QED) is 0.185. The maximum atomic E-state index is 16.8. The molecule has 0 saturated carbocycles. The molecule has 0 bridgehead atoms. The van der Waals surface area contributed by atoms with Crippen LogP contribution in [-0.4, -0.2) is 11.8 Å². The molecule has 2 aromatic rings. The van der Waals surface area contributed by atoms with Crippen molar-refractivity contribution in [3.63, 3.8) is 0 Å². The van der Waals surface area contributed by atoms with Crippen LogP contribution in [0.2, 0.25) is 8.45 Å². The molecule has 0 spiro atoms. The van der Waals surface area contributed by atoms with Crippen LogP contribution in [-0.2, 0) is 26.2 Å². The molecule has 0 heterocycles. The summed E-state index contributed by atoms with van der Waals surface area (Å²) in [5.41, 5.74) is -0.474. The molecule has 0 radical (unpaired) electrons. The molecule has 4 nitrogen and oxygen atoms in total. The van der Waals surface area contributed by atoms with Gasteiger partial charge in [0.1, 0.15) is 0 Å². The van der Waals surface area contributed by atoms with Crippen LogP contribution < -0.4 is 18.4 Å². The van der Waals surface area contributed by atoms with Crippen LogP contribution in [0.1, 0.15) is 53.4 Å². The van der Waals surface area contributed by atoms with E-state index in [1.165, 1.54) is 0 Å². The Morgan fingerprint density at radius 3 is 1.26 bits per heavy atom. The minimum absolute atomic E-state index is 0.237. The first-order chi connectivity index (χ1) is 20.6. The number of carbonyl (C=O) groups is 2. The van der Waals surface area contributed by atoms with Crippen LogP contribution in [0.5, 0.6) is 0 Å². The third-order valence-corrected chi connectivity index (χ3v) is 17.3. The first kappa shape index (κ1) is 32.7. The van der Waals surface area contributed by atoms with E-state index in [2.05, 4.69) is 10.6 Å². The summed E-state index contributed by atoms with van der Waals surface area (Å²) in [6, 6.07) is 4.42. The summed E-state index contributed by atoms with van der Waals surface area (Å²) < 4.78 is 63.8. The number of nitrogens with one attached hydrogen (secondary N) is 2. The second kappa shape index (κ2) is 14.0. The molecule has 2 aromatic carbocycles. The number of carbonyl (C=O) groups excluding carboxylic acids is 2. The monoisotopic (exact) mass is 630 g/mol. The fraction of sp³-hybridized carbons (Fsp3) is 0.353. The number of anilines is 2. The van der Waals surface area contributed by atoms with Gasteiger partial charge in [-0.05, 0) is 0 Å². The second-order valence-corrected chi connectivity index (χ2v) is 17.4. The molecule has 0 unspecified atom stereocenters. The Hall–Kier alpha value is -3.23. The van der Waals surface area contributed by atoms with Gasteiger partial charge in [0.25, 0.3) is 0 Å². The molecule has 0 aromatic heterocycles. The first-order valence-electron chi connectivity index (χ1n) is 14.9. The van der Waals surface area contributed by atoms with Crippen LogP contribution in [0.3, 0.4) is 0 Å². The Kier molecular flexibility index (Phi) is 10.7. The van der Waals surface area contributed by atoms with Crippen molar-refractivity contribution in [1.29, 1.82) is 0 Å². The van der Waals surface area contributed by atoms with E-state index in [1.807, 2.05) is 27.7 Å². The van der Waals surface area contributed by atoms with E-state index >= 15 is 17.6 Å². The predicted molar refractivity (Wildman–Crippen MR) is 161 cm³/mol. The molecule has 0 saturated heterocycles. The van der Waals surface area contributed by atoms with Crippen molar-refractivity contribution < 1.29 is 43.7 Å². The Morgan fingerprint density at radius 1 is 0.628 bits per heavy atom. The molecule has 2 amide bonds. The van der Waals surface area contributed by atoms with Crippen molar-refractivity contribution in [2.75, 3.05) is 10.6 Å². The first-order valence-corrected chi connectivity index (χ1v) is 18.3. The number of hydrogen-bond donors (Lipinski definition) is 2. The maximum absolute atomic E-state index is 16.8. The van der Waals surface area contributed by atoms with E-state index in [-0.39, 0.29) is 23.2 Å². The Morgan fingerprint density at radius 2 is 0.953 bits per heavy atom. The Bertz CT molecular complexity index is 1360. The molecule has 2 N–H and O–H groups in total. The molecule has 0 aliphatic heterocycles. The summed E-state index contributed by atoms with van der Waals surface area (Å²) >= 11 is -5.05. The molecule has 43 heavy (non-hydrogen) atoms. The number of hydrogen-bond acceptors (Lipinski definition) is 2. The van der Waals surface area contributed by atoms with Gasteiger partial charge < -0.3 is 0 Å². The molecule has 228 valence electrons. The van der Waals surface area contributed by atoms with Gasteiger partial charge in [-0.3, -0.25) is 0 Å². The van der Waals surface area contributed by atoms with E-state index in [1.54, 1.807) is 48.6 Å². The summed E-state index contributed by atoms with van der Waals surface area (Å²) in [4.78, 5) is 25.9. The summed E-state index contributed by atoms with van der Waals surface area (Å²) in [5, 5.41) is 5.22. The molecule has 0 atom stereocenters. The van der Waals surface area contributed by atoms with Crippen molar-refractivity contribution in [3.05, 3.63) is 96.1 Å². The summed E-state index contributed by atoms with van der Waals surface area (Å²) in [5.74, 6) is -5.54. The van der Waals surface area contributed by atoms with Crippen molar-refractivity contribution in [2.24, 2.45) is 11.8 Å². The van der Waals surface area contributed by atoms with Crippen molar-refractivity contribution in [2.45, 2.75) is 61.8 Å². The second-order valence-electron chi connectivity index (χ2n) is 11.0. The fourth-order valence-corrected chi connectivity index (χ4v) is 15.1. The van der Waals surface area contributed by atoms with Crippen LogP contribution in [0.25, 0.3) is 0 Å². The SMILES string of the molecule is CCC(CC)C(=O)Nc1ccc(F)[c]([Ti]([c]2c(F)ccc(NC(=O)C(CC)CC)c2F)([CH]2C=CC=C2)[CH]2C=CC=C2)c1F. The molecular formula is C34H38F4N2O2Ti. The summed E-state index contributed by atoms with van der Waals surface area (Å²) in [7, 11) is 0. The van der Waals surface area contributed by atoms with Gasteiger partial charge in [-0.2, -0.15) is 0 Å². The number of allylic oxidation sites excluding steroid dienone is 8. The fourth-order valence-electron chi connectivity index (χ4n) is 6.33. The van der Waals surface area contributed by atoms with E-state index in [4.69, 9.17) is 0 Å². The third kappa shape index (κ3) is 6.09. The standard InChI is InChI=1S/2C12H14F2NO.2C5H5.Ti/c2*1-3-8(4-2)12(16)15-11-6-5-9(13)7-10(11)14;2*1-2-4-5-3-1;/h2*5-6,8H,3-4H2,1-2H3,(H,15,16);2*1-5H;. The molecular weight excluding hydrogens is 592 g/mol. The van der Waals surface area contributed by atoms with Crippen LogP contribution in [0.4, 0.5) is 28.9 Å². The van der Waals surface area contributed by atoms with Crippen molar-refractivity contribution >= 4 is 30.9 Å². The zero-order chi connectivity index (χ0) is 31.3. The summed E-state index contributed by atoms with van der Waals surface area (Å²) in [6.07, 6.45) is 15.8. The van der Waals surface area contributed by atoms with Gasteiger partial charge in [0.2, 0.25) is 0 Å². The van der Waals surface area contributed by atoms with Gasteiger partial charge >= 0.3 is 255 Å². The van der Waals surface area contributed by atoms with Gasteiger partial charge in [0.15, 0.2) is 0 Å². The van der Waals surface area contributed by atoms with E-state index in [0.717, 1.165) is 24.3 Å². The van der Waals surface area contributed by atoms with Crippen LogP contribution in [0.15, 0.2) is 72.9 Å². The Labute approximate surface area is 254 Å². The van der Waals surface area contributed by atoms with Crippen molar-refractivity contribution in [3.8, 4) is 0 Å². The minimum atomic E-state index is -5.05. The van der Waals surface area contributed by atoms with Crippen LogP contribution in [0, 0.1) is 35.1 Å². The Balaban J connectivity index is 2.03. The van der Waals surface area contributed by atoms with Gasteiger partial charge in [-0.1, -0.05) is 0 Å². The predicted octanol–water partition coefficient (Wildman–Crippen LogP) is 7.93. The number of halogens is 4. The van der Waals surface area contributed by atoms with E-state index < -0.39 is 67.9 Å². The molecule has 2 aliphatic rings.